The fraction of sp³-hybridized carbons (Fsp3) is 0.0909. The van der Waals surface area contributed by atoms with Crippen LogP contribution < -0.4 is 10.5 Å². The summed E-state index contributed by atoms with van der Waals surface area (Å²) < 4.78 is 35.7. The highest BCUT2D eigenvalue weighted by molar-refractivity contribution is 5.90. The molecule has 1 unspecified atom stereocenters. The zero-order valence-electron chi connectivity index (χ0n) is 16.0. The van der Waals surface area contributed by atoms with E-state index >= 15 is 0 Å². The third kappa shape index (κ3) is 3.20. The molecule has 4 aromatic rings. The standard InChI is InChI=1S/C22H15F2N5O2/c23-13-3-1-2-12(6-13)19-16(9-30)15-7-14(24)4-5-17(15)31-18(19)8-29-11-28-20-21(25)26-10-27-22(20)29/h1-7,9-11,16H,8H2,(H2,25,26,27). The Kier molecular flexibility index (Phi) is 4.43. The number of carbonyl (C=O) groups is 1. The smallest absolute Gasteiger partial charge is 0.165 e. The molecule has 3 heterocycles. The van der Waals surface area contributed by atoms with Gasteiger partial charge in [-0.1, -0.05) is 12.1 Å². The van der Waals surface area contributed by atoms with Crippen LogP contribution in [0.5, 0.6) is 5.75 Å². The molecule has 154 valence electrons. The molecule has 9 heteroatoms. The Hall–Kier alpha value is -4.14. The maximum absolute atomic E-state index is 14.0. The molecule has 5 rings (SSSR count). The third-order valence-electron chi connectivity index (χ3n) is 5.17. The zero-order chi connectivity index (χ0) is 21.5. The van der Waals surface area contributed by atoms with E-state index in [1.807, 2.05) is 0 Å². The number of imidazole rings is 1. The molecule has 2 aromatic carbocycles. The quantitative estimate of drug-likeness (QED) is 0.509. The average Bonchev–Trinajstić information content (AvgIpc) is 3.17. The van der Waals surface area contributed by atoms with Gasteiger partial charge in [0, 0.05) is 11.1 Å². The van der Waals surface area contributed by atoms with Gasteiger partial charge in [0.1, 0.15) is 41.3 Å². The van der Waals surface area contributed by atoms with Crippen molar-refractivity contribution in [2.24, 2.45) is 0 Å². The van der Waals surface area contributed by atoms with Crippen LogP contribution in [-0.2, 0) is 11.3 Å². The highest BCUT2D eigenvalue weighted by atomic mass is 19.1. The largest absolute Gasteiger partial charge is 0.459 e. The lowest BCUT2D eigenvalue weighted by atomic mass is 9.84. The van der Waals surface area contributed by atoms with Crippen LogP contribution in [0.1, 0.15) is 17.0 Å². The van der Waals surface area contributed by atoms with Gasteiger partial charge in [0.15, 0.2) is 11.5 Å². The Balaban J connectivity index is 1.70. The first-order valence-corrected chi connectivity index (χ1v) is 9.38. The second kappa shape index (κ2) is 7.28. The molecule has 0 aliphatic carbocycles. The molecule has 7 nitrogen and oxygen atoms in total. The summed E-state index contributed by atoms with van der Waals surface area (Å²) in [5.41, 5.74) is 8.05. The van der Waals surface area contributed by atoms with Crippen molar-refractivity contribution in [3.05, 3.63) is 83.6 Å². The summed E-state index contributed by atoms with van der Waals surface area (Å²) in [5.74, 6) is -0.827. The third-order valence-corrected chi connectivity index (χ3v) is 5.17. The lowest BCUT2D eigenvalue weighted by molar-refractivity contribution is -0.108. The number of nitrogens with zero attached hydrogens (tertiary/aromatic N) is 4. The molecule has 31 heavy (non-hydrogen) atoms. The van der Waals surface area contributed by atoms with Crippen LogP contribution >= 0.6 is 0 Å². The van der Waals surface area contributed by atoms with Crippen LogP contribution in [0, 0.1) is 11.6 Å². The van der Waals surface area contributed by atoms with Crippen molar-refractivity contribution in [1.29, 1.82) is 0 Å². The number of hydrogen-bond acceptors (Lipinski definition) is 6. The van der Waals surface area contributed by atoms with Gasteiger partial charge < -0.3 is 19.8 Å². The summed E-state index contributed by atoms with van der Waals surface area (Å²) >= 11 is 0. The Bertz CT molecular complexity index is 1370. The van der Waals surface area contributed by atoms with E-state index in [0.29, 0.717) is 45.7 Å². The number of nitrogens with two attached hydrogens (primary N) is 1. The zero-order valence-corrected chi connectivity index (χ0v) is 16.0. The number of fused-ring (bicyclic) bond motifs is 2. The van der Waals surface area contributed by atoms with E-state index in [1.165, 1.54) is 43.0 Å². The number of rotatable bonds is 4. The second-order valence-corrected chi connectivity index (χ2v) is 7.05. The average molecular weight is 419 g/mol. The number of aromatic nitrogens is 4. The van der Waals surface area contributed by atoms with Crippen LogP contribution in [-0.4, -0.2) is 25.8 Å². The number of halogens is 2. The van der Waals surface area contributed by atoms with Crippen molar-refractivity contribution in [3.8, 4) is 5.75 Å². The summed E-state index contributed by atoms with van der Waals surface area (Å²) in [6.07, 6.45) is 3.56. The maximum Gasteiger partial charge on any atom is 0.165 e. The van der Waals surface area contributed by atoms with Gasteiger partial charge in [-0.2, -0.15) is 0 Å². The summed E-state index contributed by atoms with van der Waals surface area (Å²) in [6.45, 7) is 0.139. The SMILES string of the molecule is Nc1ncnc2c1ncn2CC1=C(c2cccc(F)c2)C(C=O)c2cc(F)ccc2O1. The predicted octanol–water partition coefficient (Wildman–Crippen LogP) is 3.47. The van der Waals surface area contributed by atoms with Crippen molar-refractivity contribution >= 4 is 28.8 Å². The summed E-state index contributed by atoms with van der Waals surface area (Å²) in [4.78, 5) is 24.5. The van der Waals surface area contributed by atoms with E-state index in [1.54, 1.807) is 16.7 Å². The number of nitrogen functional groups attached to an aromatic ring is 1. The van der Waals surface area contributed by atoms with Crippen LogP contribution in [0.3, 0.4) is 0 Å². The fourth-order valence-corrected chi connectivity index (χ4v) is 3.80. The lowest BCUT2D eigenvalue weighted by Crippen LogP contribution is -2.20. The minimum atomic E-state index is -0.842. The first-order valence-electron chi connectivity index (χ1n) is 9.38. The molecular formula is C22H15F2N5O2. The molecule has 0 spiro atoms. The normalized spacial score (nSPS) is 15.6. The molecule has 0 saturated heterocycles. The van der Waals surface area contributed by atoms with Crippen molar-refractivity contribution in [2.45, 2.75) is 12.5 Å². The molecule has 0 amide bonds. The van der Waals surface area contributed by atoms with E-state index in [0.717, 1.165) is 0 Å². The number of carbonyl (C=O) groups excluding carboxylic acids is 1. The number of aldehydes is 1. The van der Waals surface area contributed by atoms with E-state index in [-0.39, 0.29) is 12.4 Å². The van der Waals surface area contributed by atoms with Crippen LogP contribution in [0.25, 0.3) is 16.7 Å². The summed E-state index contributed by atoms with van der Waals surface area (Å²) in [6, 6.07) is 9.81. The van der Waals surface area contributed by atoms with Crippen molar-refractivity contribution in [2.75, 3.05) is 5.73 Å². The maximum atomic E-state index is 14.0. The molecule has 0 bridgehead atoms. The Morgan fingerprint density at radius 3 is 2.74 bits per heavy atom. The van der Waals surface area contributed by atoms with Gasteiger partial charge in [0.05, 0.1) is 18.8 Å². The first kappa shape index (κ1) is 18.9. The summed E-state index contributed by atoms with van der Waals surface area (Å²) in [7, 11) is 0. The monoisotopic (exact) mass is 419 g/mol. The molecule has 2 aromatic heterocycles. The number of benzene rings is 2. The molecule has 1 aliphatic rings. The number of ether oxygens (including phenoxy) is 1. The van der Waals surface area contributed by atoms with E-state index in [4.69, 9.17) is 10.5 Å². The van der Waals surface area contributed by atoms with Gasteiger partial charge in [0.2, 0.25) is 0 Å². The van der Waals surface area contributed by atoms with E-state index in [9.17, 15) is 13.6 Å². The van der Waals surface area contributed by atoms with Gasteiger partial charge in [-0.25, -0.2) is 23.7 Å². The summed E-state index contributed by atoms with van der Waals surface area (Å²) in [5, 5.41) is 0. The molecule has 0 radical (unpaired) electrons. The van der Waals surface area contributed by atoms with Gasteiger partial charge in [-0.3, -0.25) is 0 Å². The number of hydrogen-bond donors (Lipinski definition) is 1. The van der Waals surface area contributed by atoms with Crippen LogP contribution in [0.2, 0.25) is 0 Å². The molecular weight excluding hydrogens is 404 g/mol. The lowest BCUT2D eigenvalue weighted by Gasteiger charge is -2.28. The Morgan fingerprint density at radius 2 is 1.94 bits per heavy atom. The van der Waals surface area contributed by atoms with E-state index < -0.39 is 17.6 Å². The highest BCUT2D eigenvalue weighted by Crippen LogP contribution is 2.43. The van der Waals surface area contributed by atoms with Crippen molar-refractivity contribution < 1.29 is 18.3 Å². The minimum Gasteiger partial charge on any atom is -0.459 e. The number of allylic oxidation sites excluding steroid dienone is 2. The van der Waals surface area contributed by atoms with Gasteiger partial charge >= 0.3 is 0 Å². The fourth-order valence-electron chi connectivity index (χ4n) is 3.80. The molecule has 0 saturated carbocycles. The Morgan fingerprint density at radius 1 is 1.10 bits per heavy atom. The highest BCUT2D eigenvalue weighted by Gasteiger charge is 2.31. The Labute approximate surface area is 174 Å². The molecule has 1 aliphatic heterocycles. The van der Waals surface area contributed by atoms with Crippen molar-refractivity contribution in [3.63, 3.8) is 0 Å². The second-order valence-electron chi connectivity index (χ2n) is 7.05. The molecule has 2 N–H and O–H groups in total. The predicted molar refractivity (Wildman–Crippen MR) is 109 cm³/mol. The van der Waals surface area contributed by atoms with E-state index in [2.05, 4.69) is 15.0 Å². The van der Waals surface area contributed by atoms with Crippen molar-refractivity contribution in [1.82, 2.24) is 19.5 Å². The topological polar surface area (TPSA) is 95.9 Å². The van der Waals surface area contributed by atoms with Crippen LogP contribution in [0.15, 0.2) is 60.9 Å². The number of anilines is 1. The van der Waals surface area contributed by atoms with Crippen LogP contribution in [0.4, 0.5) is 14.6 Å². The van der Waals surface area contributed by atoms with Gasteiger partial charge in [0.25, 0.3) is 0 Å². The van der Waals surface area contributed by atoms with Gasteiger partial charge in [-0.05, 0) is 35.9 Å². The first-order chi connectivity index (χ1) is 15.0. The minimum absolute atomic E-state index is 0.139. The molecule has 1 atom stereocenters. The van der Waals surface area contributed by atoms with Gasteiger partial charge in [-0.15, -0.1) is 0 Å². The molecule has 0 fully saturated rings.